The van der Waals surface area contributed by atoms with Crippen LogP contribution in [0.4, 0.5) is 5.69 Å². The largest absolute Gasteiger partial charge is 0.495 e. The molecule has 1 heterocycles. The molecule has 0 aliphatic carbocycles. The SMILES string of the molecule is COc1cc(NC(=O)c2cn(CCN)nn2)ccc1Br. The van der Waals surface area contributed by atoms with E-state index < -0.39 is 0 Å². The smallest absolute Gasteiger partial charge is 0.277 e. The Morgan fingerprint density at radius 2 is 2.35 bits per heavy atom. The standard InChI is InChI=1S/C12H14BrN5O2/c1-20-11-6-8(2-3-9(11)13)15-12(19)10-7-18(5-4-14)17-16-10/h2-3,6-7H,4-5,14H2,1H3,(H,15,19). The highest BCUT2D eigenvalue weighted by Gasteiger charge is 2.12. The molecule has 0 atom stereocenters. The van der Waals surface area contributed by atoms with E-state index in [1.807, 2.05) is 0 Å². The van der Waals surface area contributed by atoms with Crippen molar-refractivity contribution in [3.05, 3.63) is 34.6 Å². The van der Waals surface area contributed by atoms with Gasteiger partial charge in [0, 0.05) is 18.3 Å². The highest BCUT2D eigenvalue weighted by Crippen LogP contribution is 2.27. The van der Waals surface area contributed by atoms with Gasteiger partial charge in [0.2, 0.25) is 0 Å². The number of hydrogen-bond donors (Lipinski definition) is 2. The minimum Gasteiger partial charge on any atom is -0.495 e. The Hall–Kier alpha value is -1.93. The van der Waals surface area contributed by atoms with Crippen molar-refractivity contribution in [1.29, 1.82) is 0 Å². The van der Waals surface area contributed by atoms with Crippen LogP contribution in [0.2, 0.25) is 0 Å². The van der Waals surface area contributed by atoms with Gasteiger partial charge in [-0.15, -0.1) is 5.10 Å². The second-order valence-electron chi connectivity index (χ2n) is 3.96. The van der Waals surface area contributed by atoms with Gasteiger partial charge in [-0.3, -0.25) is 9.48 Å². The molecule has 0 fully saturated rings. The van der Waals surface area contributed by atoms with E-state index in [9.17, 15) is 4.79 Å². The number of nitrogens with one attached hydrogen (secondary N) is 1. The summed E-state index contributed by atoms with van der Waals surface area (Å²) in [4.78, 5) is 12.0. The lowest BCUT2D eigenvalue weighted by molar-refractivity contribution is 0.102. The Labute approximate surface area is 124 Å². The molecule has 0 spiro atoms. The van der Waals surface area contributed by atoms with Gasteiger partial charge in [-0.05, 0) is 28.1 Å². The maximum Gasteiger partial charge on any atom is 0.277 e. The van der Waals surface area contributed by atoms with Crippen molar-refractivity contribution in [2.75, 3.05) is 19.0 Å². The predicted molar refractivity (Wildman–Crippen MR) is 77.7 cm³/mol. The minimum absolute atomic E-state index is 0.236. The number of methoxy groups -OCH3 is 1. The van der Waals surface area contributed by atoms with Gasteiger partial charge in [-0.25, -0.2) is 0 Å². The molecule has 2 rings (SSSR count). The number of rotatable bonds is 5. The number of hydrogen-bond acceptors (Lipinski definition) is 5. The van der Waals surface area contributed by atoms with Crippen LogP contribution in [0, 0.1) is 0 Å². The first-order valence-corrected chi connectivity index (χ1v) is 6.68. The fourth-order valence-electron chi connectivity index (χ4n) is 1.58. The van der Waals surface area contributed by atoms with E-state index in [4.69, 9.17) is 10.5 Å². The van der Waals surface area contributed by atoms with Crippen LogP contribution in [0.25, 0.3) is 0 Å². The van der Waals surface area contributed by atoms with Crippen molar-refractivity contribution in [3.8, 4) is 5.75 Å². The molecule has 0 saturated carbocycles. The van der Waals surface area contributed by atoms with Crippen LogP contribution >= 0.6 is 15.9 Å². The number of carbonyl (C=O) groups excluding carboxylic acids is 1. The normalized spacial score (nSPS) is 10.3. The molecule has 1 aromatic heterocycles. The monoisotopic (exact) mass is 339 g/mol. The highest BCUT2D eigenvalue weighted by atomic mass is 79.9. The second-order valence-corrected chi connectivity index (χ2v) is 4.81. The van der Waals surface area contributed by atoms with Crippen LogP contribution in [-0.2, 0) is 6.54 Å². The van der Waals surface area contributed by atoms with E-state index in [1.54, 1.807) is 31.5 Å². The third kappa shape index (κ3) is 3.34. The summed E-state index contributed by atoms with van der Waals surface area (Å²) in [6, 6.07) is 5.26. The molecule has 0 aliphatic heterocycles. The van der Waals surface area contributed by atoms with Gasteiger partial charge in [0.15, 0.2) is 5.69 Å². The quantitative estimate of drug-likeness (QED) is 0.854. The van der Waals surface area contributed by atoms with Crippen molar-refractivity contribution < 1.29 is 9.53 Å². The third-order valence-corrected chi connectivity index (χ3v) is 3.19. The Morgan fingerprint density at radius 1 is 1.55 bits per heavy atom. The molecule has 8 heteroatoms. The summed E-state index contributed by atoms with van der Waals surface area (Å²) in [5, 5.41) is 10.3. The zero-order chi connectivity index (χ0) is 14.5. The van der Waals surface area contributed by atoms with Crippen LogP contribution in [0.1, 0.15) is 10.5 Å². The maximum absolute atomic E-state index is 12.0. The number of aromatic nitrogens is 3. The maximum atomic E-state index is 12.0. The Morgan fingerprint density at radius 3 is 3.05 bits per heavy atom. The number of nitrogens with zero attached hydrogens (tertiary/aromatic N) is 3. The van der Waals surface area contributed by atoms with Gasteiger partial charge in [-0.1, -0.05) is 5.21 Å². The van der Waals surface area contributed by atoms with Crippen molar-refractivity contribution in [3.63, 3.8) is 0 Å². The average Bonchev–Trinajstić information content (AvgIpc) is 2.90. The molecule has 3 N–H and O–H groups in total. The lowest BCUT2D eigenvalue weighted by Gasteiger charge is -2.07. The summed E-state index contributed by atoms with van der Waals surface area (Å²) in [5.41, 5.74) is 6.26. The third-order valence-electron chi connectivity index (χ3n) is 2.54. The summed E-state index contributed by atoms with van der Waals surface area (Å²) in [6.07, 6.45) is 1.55. The molecule has 0 unspecified atom stereocenters. The summed E-state index contributed by atoms with van der Waals surface area (Å²) in [7, 11) is 1.56. The molecule has 2 aromatic rings. The molecule has 1 amide bonds. The Bertz CT molecular complexity index is 614. The lowest BCUT2D eigenvalue weighted by Crippen LogP contribution is -2.13. The highest BCUT2D eigenvalue weighted by molar-refractivity contribution is 9.10. The first kappa shape index (κ1) is 14.5. The molecule has 0 saturated heterocycles. The van der Waals surface area contributed by atoms with E-state index in [0.717, 1.165) is 4.47 Å². The first-order valence-electron chi connectivity index (χ1n) is 5.89. The fraction of sp³-hybridized carbons (Fsp3) is 0.250. The van der Waals surface area contributed by atoms with Gasteiger partial charge >= 0.3 is 0 Å². The van der Waals surface area contributed by atoms with Gasteiger partial charge in [0.05, 0.1) is 24.3 Å². The number of carbonyl (C=O) groups is 1. The minimum atomic E-state index is -0.336. The Kier molecular flexibility index (Phi) is 4.70. The second kappa shape index (κ2) is 6.49. The van der Waals surface area contributed by atoms with Crippen LogP contribution in [0.15, 0.2) is 28.9 Å². The van der Waals surface area contributed by atoms with Crippen LogP contribution < -0.4 is 15.8 Å². The molecule has 0 radical (unpaired) electrons. The number of anilines is 1. The summed E-state index contributed by atoms with van der Waals surface area (Å²) in [5.74, 6) is 0.298. The number of nitrogens with two attached hydrogens (primary N) is 1. The topological polar surface area (TPSA) is 95.1 Å². The van der Waals surface area contributed by atoms with E-state index in [1.165, 1.54) is 4.68 Å². The number of amides is 1. The molecular weight excluding hydrogens is 326 g/mol. The van der Waals surface area contributed by atoms with Crippen LogP contribution in [-0.4, -0.2) is 34.6 Å². The molecule has 7 nitrogen and oxygen atoms in total. The van der Waals surface area contributed by atoms with Gasteiger partial charge < -0.3 is 15.8 Å². The van der Waals surface area contributed by atoms with Crippen molar-refractivity contribution in [1.82, 2.24) is 15.0 Å². The number of halogens is 1. The van der Waals surface area contributed by atoms with Crippen molar-refractivity contribution in [2.24, 2.45) is 5.73 Å². The van der Waals surface area contributed by atoms with Gasteiger partial charge in [0.25, 0.3) is 5.91 Å². The number of benzene rings is 1. The van der Waals surface area contributed by atoms with E-state index >= 15 is 0 Å². The zero-order valence-electron chi connectivity index (χ0n) is 10.8. The van der Waals surface area contributed by atoms with E-state index in [0.29, 0.717) is 24.5 Å². The summed E-state index contributed by atoms with van der Waals surface area (Å²) >= 11 is 3.35. The van der Waals surface area contributed by atoms with Gasteiger partial charge in [0.1, 0.15) is 5.75 Å². The van der Waals surface area contributed by atoms with E-state index in [2.05, 4.69) is 31.6 Å². The van der Waals surface area contributed by atoms with Crippen LogP contribution in [0.3, 0.4) is 0 Å². The zero-order valence-corrected chi connectivity index (χ0v) is 12.4. The Balaban J connectivity index is 2.10. The average molecular weight is 340 g/mol. The van der Waals surface area contributed by atoms with Gasteiger partial charge in [-0.2, -0.15) is 0 Å². The predicted octanol–water partition coefficient (Wildman–Crippen LogP) is 1.26. The van der Waals surface area contributed by atoms with Crippen molar-refractivity contribution in [2.45, 2.75) is 6.54 Å². The lowest BCUT2D eigenvalue weighted by atomic mass is 10.3. The van der Waals surface area contributed by atoms with E-state index in [-0.39, 0.29) is 11.6 Å². The molecule has 20 heavy (non-hydrogen) atoms. The molecule has 0 aliphatic rings. The summed E-state index contributed by atoms with van der Waals surface area (Å²) < 4.78 is 7.50. The molecule has 0 bridgehead atoms. The van der Waals surface area contributed by atoms with Crippen LogP contribution in [0.5, 0.6) is 5.75 Å². The number of ether oxygens (including phenoxy) is 1. The summed E-state index contributed by atoms with van der Waals surface area (Å²) in [6.45, 7) is 0.959. The first-order chi connectivity index (χ1) is 9.63. The molecular formula is C12H14BrN5O2. The molecule has 1 aromatic carbocycles. The molecule has 106 valence electrons. The van der Waals surface area contributed by atoms with Crippen molar-refractivity contribution >= 4 is 27.5 Å². The fourth-order valence-corrected chi connectivity index (χ4v) is 1.99.